The third-order valence-electron chi connectivity index (χ3n) is 8.07. The van der Waals surface area contributed by atoms with Gasteiger partial charge in [0.2, 0.25) is 0 Å². The highest BCUT2D eigenvalue weighted by molar-refractivity contribution is 7.12. The Morgan fingerprint density at radius 3 is 2.29 bits per heavy atom. The molecular formula is C36H31FN6OS. The van der Waals surface area contributed by atoms with Gasteiger partial charge in [0.15, 0.2) is 0 Å². The van der Waals surface area contributed by atoms with Gasteiger partial charge in [-0.25, -0.2) is 14.1 Å². The molecule has 45 heavy (non-hydrogen) atoms. The Labute approximate surface area is 264 Å². The zero-order valence-corrected chi connectivity index (χ0v) is 26.2. The summed E-state index contributed by atoms with van der Waals surface area (Å²) in [7, 11) is 0. The van der Waals surface area contributed by atoms with E-state index in [1.807, 2.05) is 64.2 Å². The number of aryl methyl sites for hydroxylation is 2. The molecule has 0 atom stereocenters. The zero-order chi connectivity index (χ0) is 31.3. The second-order valence-corrected chi connectivity index (χ2v) is 13.0. The van der Waals surface area contributed by atoms with Crippen LogP contribution in [0.1, 0.15) is 45.3 Å². The van der Waals surface area contributed by atoms with E-state index >= 15 is 0 Å². The number of para-hydroxylation sites is 2. The van der Waals surface area contributed by atoms with Crippen molar-refractivity contribution in [3.63, 3.8) is 0 Å². The number of hydrogen-bond acceptors (Lipinski definition) is 5. The third kappa shape index (κ3) is 5.19. The van der Waals surface area contributed by atoms with Crippen LogP contribution in [-0.2, 0) is 12.1 Å². The minimum atomic E-state index is -0.817. The number of hydrogen-bond donors (Lipinski definition) is 1. The Hall–Kier alpha value is -5.15. The number of amides is 1. The second kappa shape index (κ2) is 11.1. The van der Waals surface area contributed by atoms with Gasteiger partial charge in [0.05, 0.1) is 35.2 Å². The largest absolute Gasteiger partial charge is 0.341 e. The molecule has 7 rings (SSSR count). The van der Waals surface area contributed by atoms with Gasteiger partial charge in [0.1, 0.15) is 16.5 Å². The van der Waals surface area contributed by atoms with E-state index in [9.17, 15) is 9.18 Å². The first-order valence-electron chi connectivity index (χ1n) is 14.7. The van der Waals surface area contributed by atoms with Crippen molar-refractivity contribution in [2.75, 3.05) is 0 Å². The first-order valence-corrected chi connectivity index (χ1v) is 15.5. The van der Waals surface area contributed by atoms with Crippen LogP contribution in [0.25, 0.3) is 38.8 Å². The lowest BCUT2D eigenvalue weighted by molar-refractivity contribution is 0.0911. The minimum absolute atomic E-state index is 0.269. The van der Waals surface area contributed by atoms with Crippen molar-refractivity contribution >= 4 is 39.0 Å². The number of carbonyl (C=O) groups is 1. The Balaban J connectivity index is 1.18. The van der Waals surface area contributed by atoms with Crippen LogP contribution in [0.15, 0.2) is 97.2 Å². The number of halogens is 1. The van der Waals surface area contributed by atoms with Gasteiger partial charge in [-0.3, -0.25) is 4.79 Å². The van der Waals surface area contributed by atoms with E-state index in [-0.39, 0.29) is 11.7 Å². The molecule has 0 saturated carbocycles. The van der Waals surface area contributed by atoms with Crippen LogP contribution >= 0.6 is 11.3 Å². The molecule has 7 nitrogen and oxygen atoms in total. The standard InChI is InChI=1S/C36H31FN6OS/c1-22-17-18-28(34(44)39-36(3,4)35-38-33(23(2)45-35)27-13-5-8-14-29(27)37)32(19-22)43-21-24(40-41-43)20-42-30-15-9-6-11-25(30)26-12-7-10-16-31(26)42/h5-19,21H,20H2,1-4H3,(H,39,44). The molecule has 224 valence electrons. The van der Waals surface area contributed by atoms with E-state index < -0.39 is 5.54 Å². The van der Waals surface area contributed by atoms with Gasteiger partial charge in [-0.05, 0) is 69.7 Å². The zero-order valence-electron chi connectivity index (χ0n) is 25.4. The van der Waals surface area contributed by atoms with E-state index in [4.69, 9.17) is 4.98 Å². The first-order chi connectivity index (χ1) is 21.7. The summed E-state index contributed by atoms with van der Waals surface area (Å²) in [6, 6.07) is 29.0. The summed E-state index contributed by atoms with van der Waals surface area (Å²) in [5, 5.41) is 15.2. The molecule has 0 aliphatic heterocycles. The van der Waals surface area contributed by atoms with Crippen molar-refractivity contribution < 1.29 is 9.18 Å². The molecule has 0 unspecified atom stereocenters. The lowest BCUT2D eigenvalue weighted by Crippen LogP contribution is -2.41. The molecule has 0 saturated heterocycles. The number of aromatic nitrogens is 5. The Kier molecular flexibility index (Phi) is 7.05. The Bertz CT molecular complexity index is 2170. The molecule has 3 heterocycles. The van der Waals surface area contributed by atoms with Crippen LogP contribution in [0, 0.1) is 19.7 Å². The highest BCUT2D eigenvalue weighted by atomic mass is 32.1. The minimum Gasteiger partial charge on any atom is -0.341 e. The number of carbonyl (C=O) groups excluding carboxylic acids is 1. The molecule has 0 aliphatic rings. The molecule has 7 aromatic rings. The van der Waals surface area contributed by atoms with Crippen LogP contribution in [0.4, 0.5) is 4.39 Å². The van der Waals surface area contributed by atoms with Crippen molar-refractivity contribution in [3.8, 4) is 16.9 Å². The molecular weight excluding hydrogens is 584 g/mol. The molecule has 1 amide bonds. The maximum absolute atomic E-state index is 14.6. The highest BCUT2D eigenvalue weighted by Crippen LogP contribution is 2.35. The number of thiazole rings is 1. The average molecular weight is 615 g/mol. The van der Waals surface area contributed by atoms with Crippen molar-refractivity contribution in [2.24, 2.45) is 0 Å². The molecule has 0 spiro atoms. The Morgan fingerprint density at radius 2 is 1.58 bits per heavy atom. The summed E-state index contributed by atoms with van der Waals surface area (Å²) in [6.45, 7) is 8.24. The molecule has 4 aromatic carbocycles. The summed E-state index contributed by atoms with van der Waals surface area (Å²) >= 11 is 1.45. The fourth-order valence-electron chi connectivity index (χ4n) is 5.82. The molecule has 0 bridgehead atoms. The fraction of sp³-hybridized carbons (Fsp3) is 0.167. The normalized spacial score (nSPS) is 11.8. The van der Waals surface area contributed by atoms with Crippen LogP contribution < -0.4 is 5.32 Å². The lowest BCUT2D eigenvalue weighted by Gasteiger charge is -2.24. The number of nitrogens with one attached hydrogen (secondary N) is 1. The predicted molar refractivity (Wildman–Crippen MR) is 177 cm³/mol. The number of fused-ring (bicyclic) bond motifs is 3. The molecule has 0 radical (unpaired) electrons. The van der Waals surface area contributed by atoms with Crippen molar-refractivity contribution in [2.45, 2.75) is 39.8 Å². The second-order valence-electron chi connectivity index (χ2n) is 11.8. The van der Waals surface area contributed by atoms with E-state index in [2.05, 4.69) is 56.6 Å². The van der Waals surface area contributed by atoms with Crippen molar-refractivity contribution in [3.05, 3.63) is 130 Å². The van der Waals surface area contributed by atoms with Gasteiger partial charge in [0.25, 0.3) is 5.91 Å². The summed E-state index contributed by atoms with van der Waals surface area (Å²) in [4.78, 5) is 19.5. The topological polar surface area (TPSA) is 77.6 Å². The maximum Gasteiger partial charge on any atom is 0.254 e. The number of benzene rings is 4. The summed E-state index contributed by atoms with van der Waals surface area (Å²) in [6.07, 6.45) is 1.88. The molecule has 0 fully saturated rings. The summed E-state index contributed by atoms with van der Waals surface area (Å²) in [5.41, 5.74) is 5.33. The third-order valence-corrected chi connectivity index (χ3v) is 9.37. The van der Waals surface area contributed by atoms with E-state index in [1.54, 1.807) is 22.9 Å². The van der Waals surface area contributed by atoms with Crippen molar-refractivity contribution in [1.82, 2.24) is 29.9 Å². The Morgan fingerprint density at radius 1 is 0.911 bits per heavy atom. The lowest BCUT2D eigenvalue weighted by atomic mass is 10.0. The molecule has 9 heteroatoms. The summed E-state index contributed by atoms with van der Waals surface area (Å²) in [5.74, 6) is -0.594. The van der Waals surface area contributed by atoms with Crippen LogP contribution in [-0.4, -0.2) is 30.5 Å². The monoisotopic (exact) mass is 614 g/mol. The van der Waals surface area contributed by atoms with Gasteiger partial charge in [-0.1, -0.05) is 59.8 Å². The fourth-order valence-corrected chi connectivity index (χ4v) is 6.80. The highest BCUT2D eigenvalue weighted by Gasteiger charge is 2.30. The smallest absolute Gasteiger partial charge is 0.254 e. The number of rotatable bonds is 7. The SMILES string of the molecule is Cc1ccc(C(=O)NC(C)(C)c2nc(-c3ccccc3F)c(C)s2)c(-n2cc(Cn3c4ccccc4c4ccccc43)nn2)c1. The van der Waals surface area contributed by atoms with Gasteiger partial charge in [-0.15, -0.1) is 16.4 Å². The van der Waals surface area contributed by atoms with Gasteiger partial charge in [0, 0.05) is 32.2 Å². The predicted octanol–water partition coefficient (Wildman–Crippen LogP) is 7.97. The van der Waals surface area contributed by atoms with Gasteiger partial charge < -0.3 is 9.88 Å². The van der Waals surface area contributed by atoms with E-state index in [0.29, 0.717) is 34.1 Å². The quantitative estimate of drug-likeness (QED) is 0.198. The van der Waals surface area contributed by atoms with Crippen molar-refractivity contribution in [1.29, 1.82) is 0 Å². The number of nitrogens with zero attached hydrogens (tertiary/aromatic N) is 5. The van der Waals surface area contributed by atoms with Crippen LogP contribution in [0.5, 0.6) is 0 Å². The summed E-state index contributed by atoms with van der Waals surface area (Å²) < 4.78 is 18.5. The average Bonchev–Trinajstić information content (AvgIpc) is 3.74. The first kappa shape index (κ1) is 28.6. The van der Waals surface area contributed by atoms with Crippen LogP contribution in [0.2, 0.25) is 0 Å². The van der Waals surface area contributed by atoms with Gasteiger partial charge >= 0.3 is 0 Å². The van der Waals surface area contributed by atoms with E-state index in [1.165, 1.54) is 28.2 Å². The molecule has 1 N–H and O–H groups in total. The van der Waals surface area contributed by atoms with E-state index in [0.717, 1.165) is 27.2 Å². The van der Waals surface area contributed by atoms with Gasteiger partial charge in [-0.2, -0.15) is 0 Å². The molecule has 0 aliphatic carbocycles. The van der Waals surface area contributed by atoms with Crippen LogP contribution in [0.3, 0.4) is 0 Å². The molecule has 3 aromatic heterocycles. The maximum atomic E-state index is 14.6.